The molecular weight excluding hydrogens is 256 g/mol. The largest absolute Gasteiger partial charge is 0.262 e. The van der Waals surface area contributed by atoms with Crippen LogP contribution in [0, 0.1) is 0 Å². The monoisotopic (exact) mass is 270 g/mol. The fraction of sp³-hybridized carbons (Fsp3) is 0.133. The van der Waals surface area contributed by atoms with Crippen LogP contribution in [0.15, 0.2) is 59.9 Å². The van der Waals surface area contributed by atoms with Gasteiger partial charge in [0.15, 0.2) is 11.0 Å². The van der Waals surface area contributed by atoms with E-state index in [9.17, 15) is 4.21 Å². The first-order chi connectivity index (χ1) is 9.31. The minimum Gasteiger partial charge on any atom is -0.262 e. The summed E-state index contributed by atoms with van der Waals surface area (Å²) in [5.74, 6) is 0. The minimum absolute atomic E-state index is 0.797. The lowest BCUT2D eigenvalue weighted by Gasteiger charge is -2.04. The third-order valence-electron chi connectivity index (χ3n) is 3.16. The Kier molecular flexibility index (Phi) is 3.17. The molecule has 96 valence electrons. The summed E-state index contributed by atoms with van der Waals surface area (Å²) in [5, 5.41) is 1.13. The highest BCUT2D eigenvalue weighted by Gasteiger charge is 2.12. The standard InChI is InChI=1S/C15H14N2OS/c1-2-12-11-17(15-10-16-9-8-14(12)15)19(18)13-6-4-3-5-7-13/h3-11H,2H2,1H3. The summed E-state index contributed by atoms with van der Waals surface area (Å²) in [7, 11) is -1.23. The molecule has 0 saturated carbocycles. The molecule has 2 aromatic heterocycles. The smallest absolute Gasteiger partial charge is 0.157 e. The molecule has 1 aromatic carbocycles. The Bertz CT molecular complexity index is 734. The Morgan fingerprint density at radius 1 is 1.21 bits per heavy atom. The van der Waals surface area contributed by atoms with Gasteiger partial charge in [0.25, 0.3) is 0 Å². The third-order valence-corrected chi connectivity index (χ3v) is 4.50. The van der Waals surface area contributed by atoms with E-state index in [1.165, 1.54) is 5.56 Å². The van der Waals surface area contributed by atoms with Crippen molar-refractivity contribution in [1.29, 1.82) is 0 Å². The number of fused-ring (bicyclic) bond motifs is 1. The van der Waals surface area contributed by atoms with Crippen LogP contribution in [0.4, 0.5) is 0 Å². The van der Waals surface area contributed by atoms with Gasteiger partial charge < -0.3 is 0 Å². The Hall–Kier alpha value is -1.94. The first-order valence-electron chi connectivity index (χ1n) is 6.22. The van der Waals surface area contributed by atoms with Gasteiger partial charge in [0.2, 0.25) is 0 Å². The summed E-state index contributed by atoms with van der Waals surface area (Å²) in [4.78, 5) is 4.94. The SMILES string of the molecule is CCc1cn(S(=O)c2ccccc2)c2cnccc12. The van der Waals surface area contributed by atoms with Crippen LogP contribution >= 0.6 is 0 Å². The average molecular weight is 270 g/mol. The predicted octanol–water partition coefficient (Wildman–Crippen LogP) is 3.17. The van der Waals surface area contributed by atoms with Crippen LogP contribution in [-0.4, -0.2) is 13.2 Å². The van der Waals surface area contributed by atoms with Gasteiger partial charge in [-0.05, 0) is 30.2 Å². The van der Waals surface area contributed by atoms with E-state index in [0.29, 0.717) is 0 Å². The fourth-order valence-electron chi connectivity index (χ4n) is 2.18. The second-order valence-electron chi connectivity index (χ2n) is 4.29. The van der Waals surface area contributed by atoms with Crippen molar-refractivity contribution in [2.24, 2.45) is 0 Å². The van der Waals surface area contributed by atoms with Crippen LogP contribution in [0.5, 0.6) is 0 Å². The maximum atomic E-state index is 12.6. The van der Waals surface area contributed by atoms with Gasteiger partial charge in [0.1, 0.15) is 0 Å². The maximum Gasteiger partial charge on any atom is 0.157 e. The molecule has 0 spiro atoms. The van der Waals surface area contributed by atoms with Gasteiger partial charge >= 0.3 is 0 Å². The van der Waals surface area contributed by atoms with Crippen molar-refractivity contribution in [3.63, 3.8) is 0 Å². The molecule has 0 fully saturated rings. The zero-order valence-electron chi connectivity index (χ0n) is 10.6. The molecular formula is C15H14N2OS. The van der Waals surface area contributed by atoms with Crippen LogP contribution in [0.3, 0.4) is 0 Å². The Labute approximate surface area is 114 Å². The van der Waals surface area contributed by atoms with Crippen LogP contribution in [-0.2, 0) is 17.4 Å². The topological polar surface area (TPSA) is 34.9 Å². The predicted molar refractivity (Wildman–Crippen MR) is 77.4 cm³/mol. The van der Waals surface area contributed by atoms with Crippen molar-refractivity contribution in [2.45, 2.75) is 18.2 Å². The third kappa shape index (κ3) is 2.08. The van der Waals surface area contributed by atoms with E-state index >= 15 is 0 Å². The van der Waals surface area contributed by atoms with Gasteiger partial charge in [-0.25, -0.2) is 4.21 Å². The van der Waals surface area contributed by atoms with Crippen LogP contribution in [0.1, 0.15) is 12.5 Å². The molecule has 0 aliphatic heterocycles. The number of pyridine rings is 1. The van der Waals surface area contributed by atoms with Crippen molar-refractivity contribution in [1.82, 2.24) is 8.96 Å². The minimum atomic E-state index is -1.23. The van der Waals surface area contributed by atoms with Crippen LogP contribution < -0.4 is 0 Å². The second-order valence-corrected chi connectivity index (χ2v) is 5.65. The number of nitrogens with zero attached hydrogens (tertiary/aromatic N) is 2. The van der Waals surface area contributed by atoms with Crippen molar-refractivity contribution < 1.29 is 4.21 Å². The van der Waals surface area contributed by atoms with Gasteiger partial charge in [-0.15, -0.1) is 0 Å². The average Bonchev–Trinajstić information content (AvgIpc) is 2.86. The Morgan fingerprint density at radius 3 is 2.74 bits per heavy atom. The molecule has 0 radical (unpaired) electrons. The molecule has 0 saturated heterocycles. The number of rotatable bonds is 3. The molecule has 0 aliphatic carbocycles. The fourth-order valence-corrected chi connectivity index (χ4v) is 3.35. The summed E-state index contributed by atoms with van der Waals surface area (Å²) >= 11 is 0. The normalized spacial score (nSPS) is 12.7. The number of hydrogen-bond donors (Lipinski definition) is 0. The molecule has 2 heterocycles. The van der Waals surface area contributed by atoms with Gasteiger partial charge in [0.05, 0.1) is 16.6 Å². The van der Waals surface area contributed by atoms with Crippen LogP contribution in [0.25, 0.3) is 10.9 Å². The zero-order chi connectivity index (χ0) is 13.2. The van der Waals surface area contributed by atoms with Crippen molar-refractivity contribution in [3.05, 3.63) is 60.6 Å². The van der Waals surface area contributed by atoms with Crippen molar-refractivity contribution in [2.75, 3.05) is 0 Å². The molecule has 1 atom stereocenters. The van der Waals surface area contributed by atoms with E-state index in [1.54, 1.807) is 16.4 Å². The first kappa shape index (κ1) is 12.1. The lowest BCUT2D eigenvalue weighted by atomic mass is 10.2. The summed E-state index contributed by atoms with van der Waals surface area (Å²) in [6.07, 6.45) is 6.43. The molecule has 3 aromatic rings. The summed E-state index contributed by atoms with van der Waals surface area (Å²) in [5.41, 5.74) is 2.11. The lowest BCUT2D eigenvalue weighted by Crippen LogP contribution is -2.03. The highest BCUT2D eigenvalue weighted by Crippen LogP contribution is 2.23. The van der Waals surface area contributed by atoms with Crippen LogP contribution in [0.2, 0.25) is 0 Å². The van der Waals surface area contributed by atoms with Crippen molar-refractivity contribution >= 4 is 21.9 Å². The van der Waals surface area contributed by atoms with Gasteiger partial charge in [-0.2, -0.15) is 0 Å². The Balaban J connectivity index is 2.18. The zero-order valence-corrected chi connectivity index (χ0v) is 11.4. The van der Waals surface area contributed by atoms with E-state index in [2.05, 4.69) is 11.9 Å². The van der Waals surface area contributed by atoms with Gasteiger partial charge in [-0.3, -0.25) is 8.96 Å². The number of aromatic nitrogens is 2. The van der Waals surface area contributed by atoms with E-state index < -0.39 is 11.0 Å². The molecule has 0 amide bonds. The summed E-state index contributed by atoms with van der Waals surface area (Å²) in [6.45, 7) is 2.10. The number of aryl methyl sites for hydroxylation is 1. The Morgan fingerprint density at radius 2 is 2.00 bits per heavy atom. The van der Waals surface area contributed by atoms with Gasteiger partial charge in [0, 0.05) is 17.8 Å². The molecule has 0 N–H and O–H groups in total. The summed E-state index contributed by atoms with van der Waals surface area (Å²) in [6, 6.07) is 11.5. The first-order valence-corrected chi connectivity index (χ1v) is 7.33. The van der Waals surface area contributed by atoms with E-state index in [4.69, 9.17) is 0 Å². The molecule has 0 bridgehead atoms. The number of benzene rings is 1. The highest BCUT2D eigenvalue weighted by atomic mass is 32.2. The van der Waals surface area contributed by atoms with E-state index in [0.717, 1.165) is 22.2 Å². The molecule has 3 rings (SSSR count). The molecule has 3 nitrogen and oxygen atoms in total. The highest BCUT2D eigenvalue weighted by molar-refractivity contribution is 7.83. The second kappa shape index (κ2) is 4.97. The van der Waals surface area contributed by atoms with E-state index in [-0.39, 0.29) is 0 Å². The van der Waals surface area contributed by atoms with Crippen molar-refractivity contribution in [3.8, 4) is 0 Å². The number of hydrogen-bond acceptors (Lipinski definition) is 2. The lowest BCUT2D eigenvalue weighted by molar-refractivity contribution is 0.678. The molecule has 19 heavy (non-hydrogen) atoms. The molecule has 4 heteroatoms. The molecule has 1 unspecified atom stereocenters. The summed E-state index contributed by atoms with van der Waals surface area (Å²) < 4.78 is 14.4. The molecule has 0 aliphatic rings. The quantitative estimate of drug-likeness (QED) is 0.732. The van der Waals surface area contributed by atoms with Gasteiger partial charge in [-0.1, -0.05) is 25.1 Å². The van der Waals surface area contributed by atoms with E-state index in [1.807, 2.05) is 42.6 Å². The maximum absolute atomic E-state index is 12.6.